The number of urea groups is 1. The molecule has 0 spiro atoms. The van der Waals surface area contributed by atoms with E-state index in [0.29, 0.717) is 18.6 Å². The Labute approximate surface area is 103 Å². The monoisotopic (exact) mass is 242 g/mol. The van der Waals surface area contributed by atoms with Crippen LogP contribution in [0, 0.1) is 0 Å². The van der Waals surface area contributed by atoms with Crippen LogP contribution in [0.2, 0.25) is 0 Å². The highest BCUT2D eigenvalue weighted by atomic mass is 16.3. The van der Waals surface area contributed by atoms with E-state index in [0.717, 1.165) is 16.8 Å². The number of fused-ring (bicyclic) bond motifs is 1. The maximum absolute atomic E-state index is 11.2. The Hall–Kier alpha value is -2.56. The molecule has 0 fully saturated rings. The minimum atomic E-state index is -0.215. The van der Waals surface area contributed by atoms with Crippen LogP contribution >= 0.6 is 0 Å². The Morgan fingerprint density at radius 1 is 1.22 bits per heavy atom. The van der Waals surface area contributed by atoms with Gasteiger partial charge in [0.15, 0.2) is 12.0 Å². The summed E-state index contributed by atoms with van der Waals surface area (Å²) in [6, 6.07) is 8.72. The summed E-state index contributed by atoms with van der Waals surface area (Å²) in [6.07, 6.45) is 0.666. The molecule has 1 aliphatic heterocycles. The average molecular weight is 242 g/mol. The van der Waals surface area contributed by atoms with Crippen molar-refractivity contribution in [3.63, 3.8) is 0 Å². The highest BCUT2D eigenvalue weighted by molar-refractivity contribution is 5.94. The van der Waals surface area contributed by atoms with Crippen LogP contribution in [-0.4, -0.2) is 12.3 Å². The van der Waals surface area contributed by atoms with Gasteiger partial charge in [-0.25, -0.2) is 4.79 Å². The van der Waals surface area contributed by atoms with Crippen molar-refractivity contribution in [2.45, 2.75) is 6.54 Å². The minimum absolute atomic E-state index is 0.215. The Kier molecular flexibility index (Phi) is 2.37. The molecule has 1 aromatic heterocycles. The molecule has 1 aliphatic rings. The average Bonchev–Trinajstić information content (AvgIpc) is 2.86. The van der Waals surface area contributed by atoms with Crippen LogP contribution in [0.25, 0.3) is 11.3 Å². The zero-order valence-electron chi connectivity index (χ0n) is 9.40. The van der Waals surface area contributed by atoms with Gasteiger partial charge in [0.1, 0.15) is 5.76 Å². The van der Waals surface area contributed by atoms with Crippen LogP contribution in [0.3, 0.4) is 0 Å². The van der Waals surface area contributed by atoms with Gasteiger partial charge in [0.05, 0.1) is 0 Å². The second-order valence-corrected chi connectivity index (χ2v) is 3.96. The Morgan fingerprint density at radius 3 is 2.89 bits per heavy atom. The van der Waals surface area contributed by atoms with E-state index in [2.05, 4.69) is 10.6 Å². The van der Waals surface area contributed by atoms with Gasteiger partial charge in [-0.05, 0) is 18.2 Å². The first-order chi connectivity index (χ1) is 8.78. The van der Waals surface area contributed by atoms with Crippen molar-refractivity contribution >= 4 is 18.0 Å². The molecule has 90 valence electrons. The van der Waals surface area contributed by atoms with Crippen LogP contribution in [0.1, 0.15) is 16.1 Å². The second kappa shape index (κ2) is 4.03. The Bertz CT molecular complexity index is 631. The fourth-order valence-corrected chi connectivity index (χ4v) is 2.02. The third kappa shape index (κ3) is 1.66. The number of benzene rings is 1. The number of hydrogen-bond donors (Lipinski definition) is 2. The molecule has 2 amide bonds. The van der Waals surface area contributed by atoms with Crippen LogP contribution in [0.4, 0.5) is 10.5 Å². The molecule has 0 atom stereocenters. The van der Waals surface area contributed by atoms with Crippen molar-refractivity contribution in [2.24, 2.45) is 0 Å². The number of carbonyl (C=O) groups excluding carboxylic acids is 2. The van der Waals surface area contributed by atoms with E-state index in [-0.39, 0.29) is 11.8 Å². The predicted octanol–water partition coefficient (Wildman–Crippen LogP) is 2.39. The largest absolute Gasteiger partial charge is 0.453 e. The van der Waals surface area contributed by atoms with Crippen molar-refractivity contribution in [3.05, 3.63) is 41.7 Å². The van der Waals surface area contributed by atoms with Crippen LogP contribution in [0.5, 0.6) is 0 Å². The van der Waals surface area contributed by atoms with Crippen molar-refractivity contribution in [3.8, 4) is 11.3 Å². The molecule has 5 heteroatoms. The Balaban J connectivity index is 2.10. The van der Waals surface area contributed by atoms with Gasteiger partial charge in [0.25, 0.3) is 0 Å². The summed E-state index contributed by atoms with van der Waals surface area (Å²) in [6.45, 7) is 0.439. The summed E-state index contributed by atoms with van der Waals surface area (Å²) in [5, 5.41) is 5.44. The first-order valence-corrected chi connectivity index (χ1v) is 5.50. The number of hydrogen-bond acceptors (Lipinski definition) is 3. The third-order valence-electron chi connectivity index (χ3n) is 2.86. The third-order valence-corrected chi connectivity index (χ3v) is 2.86. The second-order valence-electron chi connectivity index (χ2n) is 3.96. The van der Waals surface area contributed by atoms with E-state index in [1.54, 1.807) is 12.1 Å². The molecule has 3 rings (SSSR count). The SMILES string of the molecule is O=Cc1ccc(-c2cccc3c2CNC(=O)N3)o1. The normalized spacial score (nSPS) is 13.4. The zero-order valence-corrected chi connectivity index (χ0v) is 9.40. The van der Waals surface area contributed by atoms with Gasteiger partial charge in [0, 0.05) is 23.4 Å². The quantitative estimate of drug-likeness (QED) is 0.794. The van der Waals surface area contributed by atoms with E-state index < -0.39 is 0 Å². The Morgan fingerprint density at radius 2 is 2.11 bits per heavy atom. The zero-order chi connectivity index (χ0) is 12.5. The van der Waals surface area contributed by atoms with E-state index in [1.807, 2.05) is 18.2 Å². The number of anilines is 1. The molecular weight excluding hydrogens is 232 g/mol. The summed E-state index contributed by atoms with van der Waals surface area (Å²) in [5.74, 6) is 0.905. The fourth-order valence-electron chi connectivity index (χ4n) is 2.02. The smallest absolute Gasteiger partial charge is 0.319 e. The van der Waals surface area contributed by atoms with E-state index in [9.17, 15) is 9.59 Å². The van der Waals surface area contributed by atoms with Crippen molar-refractivity contribution < 1.29 is 14.0 Å². The number of amides is 2. The molecule has 0 bridgehead atoms. The maximum atomic E-state index is 11.2. The molecule has 2 N–H and O–H groups in total. The maximum Gasteiger partial charge on any atom is 0.319 e. The predicted molar refractivity (Wildman–Crippen MR) is 65.4 cm³/mol. The number of furan rings is 1. The summed E-state index contributed by atoms with van der Waals surface area (Å²) in [7, 11) is 0. The van der Waals surface area contributed by atoms with Gasteiger partial charge < -0.3 is 15.1 Å². The standard InChI is InChI=1S/C13H10N2O3/c16-7-8-4-5-12(18-8)9-2-1-3-11-10(9)6-14-13(17)15-11/h1-5,7H,6H2,(H2,14,15,17). The van der Waals surface area contributed by atoms with Gasteiger partial charge in [-0.1, -0.05) is 12.1 Å². The lowest BCUT2D eigenvalue weighted by atomic mass is 10.0. The molecular formula is C13H10N2O3. The number of aldehydes is 1. The molecule has 0 radical (unpaired) electrons. The minimum Gasteiger partial charge on any atom is -0.453 e. The molecule has 2 aromatic rings. The summed E-state index contributed by atoms with van der Waals surface area (Å²) >= 11 is 0. The summed E-state index contributed by atoms with van der Waals surface area (Å²) in [4.78, 5) is 21.9. The van der Waals surface area contributed by atoms with Gasteiger partial charge in [0.2, 0.25) is 0 Å². The van der Waals surface area contributed by atoms with Gasteiger partial charge in [-0.3, -0.25) is 4.79 Å². The topological polar surface area (TPSA) is 71.3 Å². The molecule has 2 heterocycles. The summed E-state index contributed by atoms with van der Waals surface area (Å²) < 4.78 is 5.40. The van der Waals surface area contributed by atoms with Crippen molar-refractivity contribution in [1.29, 1.82) is 0 Å². The van der Waals surface area contributed by atoms with E-state index >= 15 is 0 Å². The van der Waals surface area contributed by atoms with Gasteiger partial charge >= 0.3 is 6.03 Å². The van der Waals surface area contributed by atoms with Crippen molar-refractivity contribution in [2.75, 3.05) is 5.32 Å². The van der Waals surface area contributed by atoms with E-state index in [4.69, 9.17) is 4.42 Å². The molecule has 0 unspecified atom stereocenters. The number of carbonyl (C=O) groups is 2. The van der Waals surface area contributed by atoms with E-state index in [1.165, 1.54) is 0 Å². The number of rotatable bonds is 2. The molecule has 0 saturated heterocycles. The molecule has 0 saturated carbocycles. The van der Waals surface area contributed by atoms with Crippen LogP contribution in [-0.2, 0) is 6.54 Å². The lowest BCUT2D eigenvalue weighted by Gasteiger charge is -2.20. The summed E-state index contributed by atoms with van der Waals surface area (Å²) in [5.41, 5.74) is 2.58. The molecule has 18 heavy (non-hydrogen) atoms. The highest BCUT2D eigenvalue weighted by Gasteiger charge is 2.18. The molecule has 0 aliphatic carbocycles. The van der Waals surface area contributed by atoms with Crippen LogP contribution < -0.4 is 10.6 Å². The van der Waals surface area contributed by atoms with Gasteiger partial charge in [-0.2, -0.15) is 0 Å². The molecule has 5 nitrogen and oxygen atoms in total. The first-order valence-electron chi connectivity index (χ1n) is 5.50. The number of nitrogens with one attached hydrogen (secondary N) is 2. The fraction of sp³-hybridized carbons (Fsp3) is 0.0769. The van der Waals surface area contributed by atoms with Gasteiger partial charge in [-0.15, -0.1) is 0 Å². The van der Waals surface area contributed by atoms with Crippen LogP contribution in [0.15, 0.2) is 34.7 Å². The lowest BCUT2D eigenvalue weighted by molar-refractivity contribution is 0.110. The lowest BCUT2D eigenvalue weighted by Crippen LogP contribution is -2.33. The van der Waals surface area contributed by atoms with Crippen molar-refractivity contribution in [1.82, 2.24) is 5.32 Å². The highest BCUT2D eigenvalue weighted by Crippen LogP contribution is 2.31. The first kappa shape index (κ1) is 10.6. The molecule has 1 aromatic carbocycles.